The summed E-state index contributed by atoms with van der Waals surface area (Å²) in [5.74, 6) is -0.731. The molecule has 1 aliphatic carbocycles. The molecular weight excluding hydrogens is 423 g/mol. The molecule has 1 spiro atoms. The SMILES string of the molecule is NS(=O)(=O)c1ccc(Nc2ncc3cc4n(c3n2)C2(CCCCC2)C(=O)NC4)cc1F. The van der Waals surface area contributed by atoms with Gasteiger partial charge in [0.25, 0.3) is 0 Å². The van der Waals surface area contributed by atoms with E-state index in [4.69, 9.17) is 5.14 Å². The third-order valence-electron chi connectivity index (χ3n) is 6.07. The average Bonchev–Trinajstić information content (AvgIpc) is 3.10. The Labute approximate surface area is 177 Å². The number of aromatic nitrogens is 3. The van der Waals surface area contributed by atoms with Crippen LogP contribution in [-0.4, -0.2) is 28.9 Å². The predicted octanol–water partition coefficient (Wildman–Crippen LogP) is 2.25. The Morgan fingerprint density at radius 3 is 2.68 bits per heavy atom. The second kappa shape index (κ2) is 6.99. The van der Waals surface area contributed by atoms with Gasteiger partial charge in [-0.05, 0) is 37.1 Å². The maximum Gasteiger partial charge on any atom is 0.246 e. The first-order valence-corrected chi connectivity index (χ1v) is 11.6. The van der Waals surface area contributed by atoms with Crippen LogP contribution < -0.4 is 15.8 Å². The number of hydrogen-bond donors (Lipinski definition) is 3. The van der Waals surface area contributed by atoms with Crippen LogP contribution in [-0.2, 0) is 26.9 Å². The van der Waals surface area contributed by atoms with Gasteiger partial charge in [0.2, 0.25) is 21.9 Å². The molecule has 0 unspecified atom stereocenters. The number of benzene rings is 1. The number of sulfonamides is 1. The summed E-state index contributed by atoms with van der Waals surface area (Å²) in [5.41, 5.74) is 1.25. The Morgan fingerprint density at radius 1 is 1.19 bits per heavy atom. The molecule has 9 nitrogen and oxygen atoms in total. The van der Waals surface area contributed by atoms with E-state index in [0.717, 1.165) is 55.3 Å². The second-order valence-corrected chi connectivity index (χ2v) is 9.56. The Bertz CT molecular complexity index is 1310. The summed E-state index contributed by atoms with van der Waals surface area (Å²) in [5, 5.41) is 11.7. The number of nitrogens with one attached hydrogen (secondary N) is 2. The molecule has 31 heavy (non-hydrogen) atoms. The van der Waals surface area contributed by atoms with E-state index < -0.39 is 26.3 Å². The minimum absolute atomic E-state index is 0.0194. The highest BCUT2D eigenvalue weighted by molar-refractivity contribution is 7.89. The maximum absolute atomic E-state index is 14.2. The van der Waals surface area contributed by atoms with Crippen LogP contribution in [0.2, 0.25) is 0 Å². The number of amides is 1. The van der Waals surface area contributed by atoms with E-state index in [1.807, 2.05) is 10.6 Å². The third-order valence-corrected chi connectivity index (χ3v) is 7.02. The maximum atomic E-state index is 14.2. The summed E-state index contributed by atoms with van der Waals surface area (Å²) in [6.07, 6.45) is 6.21. The van der Waals surface area contributed by atoms with Crippen LogP contribution in [0.15, 0.2) is 35.4 Å². The zero-order valence-corrected chi connectivity index (χ0v) is 17.4. The highest BCUT2D eigenvalue weighted by Gasteiger charge is 2.45. The first-order chi connectivity index (χ1) is 14.8. The van der Waals surface area contributed by atoms with Crippen molar-refractivity contribution in [3.05, 3.63) is 42.0 Å². The first kappa shape index (κ1) is 19.9. The van der Waals surface area contributed by atoms with Gasteiger partial charge in [-0.25, -0.2) is 22.9 Å². The van der Waals surface area contributed by atoms with Crippen LogP contribution in [0.4, 0.5) is 16.0 Å². The van der Waals surface area contributed by atoms with Crippen molar-refractivity contribution in [2.45, 2.75) is 49.1 Å². The quantitative estimate of drug-likeness (QED) is 0.568. The average molecular weight is 444 g/mol. The van der Waals surface area contributed by atoms with Crippen LogP contribution >= 0.6 is 0 Å². The van der Waals surface area contributed by atoms with Gasteiger partial charge in [-0.1, -0.05) is 19.3 Å². The lowest BCUT2D eigenvalue weighted by atomic mass is 9.79. The second-order valence-electron chi connectivity index (χ2n) is 8.03. The molecule has 162 valence electrons. The fourth-order valence-electron chi connectivity index (χ4n) is 4.67. The number of rotatable bonds is 3. The molecule has 2 aliphatic rings. The predicted molar refractivity (Wildman–Crippen MR) is 111 cm³/mol. The van der Waals surface area contributed by atoms with Gasteiger partial charge in [0, 0.05) is 23.0 Å². The molecule has 1 saturated carbocycles. The fraction of sp³-hybridized carbons (Fsp3) is 0.350. The molecule has 11 heteroatoms. The molecule has 1 aliphatic heterocycles. The molecular formula is C20H21FN6O3S. The lowest BCUT2D eigenvalue weighted by molar-refractivity contribution is -0.133. The fourth-order valence-corrected chi connectivity index (χ4v) is 5.26. The van der Waals surface area contributed by atoms with Crippen LogP contribution in [0.5, 0.6) is 0 Å². The topological polar surface area (TPSA) is 132 Å². The van der Waals surface area contributed by atoms with Gasteiger partial charge in [0.1, 0.15) is 21.9 Å². The standard InChI is InChI=1S/C20H21FN6O3S/c21-15-9-13(4-5-16(15)31(22,29)30)25-19-24-10-12-8-14-11-23-18(28)20(6-2-1-3-7-20)27(14)17(12)26-19/h4-5,8-10H,1-3,6-7,11H2,(H,23,28)(H2,22,29,30)(H,24,25,26). The van der Waals surface area contributed by atoms with Crippen molar-refractivity contribution in [3.8, 4) is 0 Å². The molecule has 0 bridgehead atoms. The molecule has 2 aromatic heterocycles. The van der Waals surface area contributed by atoms with Gasteiger partial charge in [-0.15, -0.1) is 0 Å². The lowest BCUT2D eigenvalue weighted by Gasteiger charge is -2.41. The summed E-state index contributed by atoms with van der Waals surface area (Å²) in [6, 6.07) is 5.48. The number of hydrogen-bond acceptors (Lipinski definition) is 6. The van der Waals surface area contributed by atoms with Crippen molar-refractivity contribution in [2.75, 3.05) is 5.32 Å². The monoisotopic (exact) mass is 444 g/mol. The highest BCUT2D eigenvalue weighted by atomic mass is 32.2. The number of halogens is 1. The summed E-state index contributed by atoms with van der Waals surface area (Å²) in [4.78, 5) is 21.2. The molecule has 3 heterocycles. The minimum Gasteiger partial charge on any atom is -0.348 e. The largest absolute Gasteiger partial charge is 0.348 e. The Kier molecular flexibility index (Phi) is 4.48. The van der Waals surface area contributed by atoms with Crippen LogP contribution in [0.1, 0.15) is 37.8 Å². The van der Waals surface area contributed by atoms with E-state index >= 15 is 0 Å². The number of nitrogens with zero attached hydrogens (tertiary/aromatic N) is 3. The van der Waals surface area contributed by atoms with Crippen molar-refractivity contribution < 1.29 is 17.6 Å². The number of primary sulfonamides is 1. The minimum atomic E-state index is -4.15. The van der Waals surface area contributed by atoms with Crippen molar-refractivity contribution >= 4 is 38.6 Å². The molecule has 0 atom stereocenters. The van der Waals surface area contributed by atoms with Crippen molar-refractivity contribution in [3.63, 3.8) is 0 Å². The van der Waals surface area contributed by atoms with Crippen LogP contribution in [0.25, 0.3) is 11.0 Å². The van der Waals surface area contributed by atoms with E-state index in [1.165, 1.54) is 6.07 Å². The first-order valence-electron chi connectivity index (χ1n) is 10.0. The molecule has 5 rings (SSSR count). The van der Waals surface area contributed by atoms with E-state index in [1.54, 1.807) is 6.20 Å². The molecule has 1 fully saturated rings. The number of carbonyl (C=O) groups is 1. The lowest BCUT2D eigenvalue weighted by Crippen LogP contribution is -2.54. The smallest absolute Gasteiger partial charge is 0.246 e. The summed E-state index contributed by atoms with van der Waals surface area (Å²) in [6.45, 7) is 0.430. The third kappa shape index (κ3) is 3.24. The number of anilines is 2. The summed E-state index contributed by atoms with van der Waals surface area (Å²) in [7, 11) is -4.15. The van der Waals surface area contributed by atoms with Gasteiger partial charge in [0.05, 0.1) is 6.54 Å². The molecule has 1 amide bonds. The Hall–Kier alpha value is -3.05. The van der Waals surface area contributed by atoms with E-state index in [-0.39, 0.29) is 17.5 Å². The van der Waals surface area contributed by atoms with Crippen LogP contribution in [0.3, 0.4) is 0 Å². The van der Waals surface area contributed by atoms with Crippen molar-refractivity contribution in [1.82, 2.24) is 19.9 Å². The van der Waals surface area contributed by atoms with E-state index in [9.17, 15) is 17.6 Å². The van der Waals surface area contributed by atoms with E-state index in [2.05, 4.69) is 20.6 Å². The zero-order chi connectivity index (χ0) is 21.8. The summed E-state index contributed by atoms with van der Waals surface area (Å²) < 4.78 is 39.0. The highest BCUT2D eigenvalue weighted by Crippen LogP contribution is 2.41. The molecule has 0 saturated heterocycles. The van der Waals surface area contributed by atoms with Crippen molar-refractivity contribution in [1.29, 1.82) is 0 Å². The Morgan fingerprint density at radius 2 is 1.97 bits per heavy atom. The van der Waals surface area contributed by atoms with Crippen molar-refractivity contribution in [2.24, 2.45) is 5.14 Å². The van der Waals surface area contributed by atoms with Crippen LogP contribution in [0, 0.1) is 5.82 Å². The molecule has 0 radical (unpaired) electrons. The molecule has 4 N–H and O–H groups in total. The van der Waals surface area contributed by atoms with Gasteiger partial charge in [0.15, 0.2) is 0 Å². The normalized spacial score (nSPS) is 18.1. The van der Waals surface area contributed by atoms with Gasteiger partial charge >= 0.3 is 0 Å². The number of nitrogens with two attached hydrogens (primary N) is 1. The molecule has 3 aromatic rings. The Balaban J connectivity index is 1.56. The van der Waals surface area contributed by atoms with Gasteiger partial charge in [-0.2, -0.15) is 4.98 Å². The van der Waals surface area contributed by atoms with E-state index in [0.29, 0.717) is 12.2 Å². The van der Waals surface area contributed by atoms with Gasteiger partial charge in [-0.3, -0.25) is 4.79 Å². The number of carbonyl (C=O) groups excluding carboxylic acids is 1. The number of fused-ring (bicyclic) bond motifs is 4. The van der Waals surface area contributed by atoms with Gasteiger partial charge < -0.3 is 15.2 Å². The zero-order valence-electron chi connectivity index (χ0n) is 16.6. The summed E-state index contributed by atoms with van der Waals surface area (Å²) >= 11 is 0. The molecule has 1 aromatic carbocycles.